The molecule has 0 bridgehead atoms. The van der Waals surface area contributed by atoms with Gasteiger partial charge >= 0.3 is 5.97 Å². The summed E-state index contributed by atoms with van der Waals surface area (Å²) < 4.78 is 5.02. The van der Waals surface area contributed by atoms with E-state index in [-0.39, 0.29) is 11.8 Å². The number of hydrogen-bond donors (Lipinski definition) is 1. The Morgan fingerprint density at radius 1 is 1.30 bits per heavy atom. The number of carbonyl (C=O) groups is 2. The van der Waals surface area contributed by atoms with E-state index in [0.717, 1.165) is 11.9 Å². The van der Waals surface area contributed by atoms with Gasteiger partial charge in [-0.05, 0) is 38.3 Å². The van der Waals surface area contributed by atoms with Crippen molar-refractivity contribution >= 4 is 22.7 Å². The number of H-pyrrole nitrogens is 1. The first-order valence-electron chi connectivity index (χ1n) is 6.83. The van der Waals surface area contributed by atoms with Crippen molar-refractivity contribution in [3.8, 4) is 0 Å². The Hall–Kier alpha value is -2.10. The number of Topliss-reactive ketones (excluding diaryl/α,β-unsaturated/α-hetero) is 1. The first-order valence-corrected chi connectivity index (χ1v) is 6.83. The van der Waals surface area contributed by atoms with Crippen molar-refractivity contribution in [1.29, 1.82) is 0 Å². The zero-order chi connectivity index (χ0) is 14.5. The molecular formula is C16H19NO3. The van der Waals surface area contributed by atoms with Gasteiger partial charge in [-0.3, -0.25) is 9.59 Å². The predicted octanol–water partition coefficient (Wildman–Crippen LogP) is 3.01. The number of rotatable bonds is 6. The van der Waals surface area contributed by atoms with Crippen molar-refractivity contribution < 1.29 is 14.3 Å². The number of nitrogens with one attached hydrogen (secondary N) is 1. The maximum atomic E-state index is 11.6. The van der Waals surface area contributed by atoms with Crippen molar-refractivity contribution in [2.45, 2.75) is 39.2 Å². The highest BCUT2D eigenvalue weighted by Gasteiger charge is 2.13. The molecular weight excluding hydrogens is 254 g/mol. The van der Waals surface area contributed by atoms with Crippen LogP contribution in [0.5, 0.6) is 0 Å². The van der Waals surface area contributed by atoms with E-state index in [9.17, 15) is 9.59 Å². The third kappa shape index (κ3) is 3.47. The van der Waals surface area contributed by atoms with E-state index in [1.54, 1.807) is 6.92 Å². The Morgan fingerprint density at radius 2 is 2.05 bits per heavy atom. The van der Waals surface area contributed by atoms with E-state index in [1.165, 1.54) is 17.9 Å². The van der Waals surface area contributed by atoms with Gasteiger partial charge in [-0.15, -0.1) is 0 Å². The quantitative estimate of drug-likeness (QED) is 0.823. The largest absolute Gasteiger partial charge is 0.455 e. The number of ketones is 1. The molecule has 1 aromatic carbocycles. The number of para-hydroxylation sites is 1. The van der Waals surface area contributed by atoms with E-state index >= 15 is 0 Å². The lowest BCUT2D eigenvalue weighted by Crippen LogP contribution is -2.21. The molecule has 0 fully saturated rings. The fraction of sp³-hybridized carbons (Fsp3) is 0.375. The zero-order valence-electron chi connectivity index (χ0n) is 11.8. The minimum absolute atomic E-state index is 0.130. The molecule has 0 spiro atoms. The van der Waals surface area contributed by atoms with Crippen LogP contribution in [0.25, 0.3) is 10.9 Å². The van der Waals surface area contributed by atoms with Gasteiger partial charge in [0, 0.05) is 23.5 Å². The summed E-state index contributed by atoms with van der Waals surface area (Å²) in [6, 6.07) is 8.09. The minimum Gasteiger partial charge on any atom is -0.455 e. The minimum atomic E-state index is -0.643. The van der Waals surface area contributed by atoms with Crippen LogP contribution in [0.4, 0.5) is 0 Å². The average Bonchev–Trinajstić information content (AvgIpc) is 2.82. The van der Waals surface area contributed by atoms with Crippen LogP contribution in [0.2, 0.25) is 0 Å². The SMILES string of the molecule is CC(=O)C(C)OC(=O)CCCc1c[nH]c2ccccc12. The molecule has 1 aromatic heterocycles. The number of aromatic amines is 1. The maximum absolute atomic E-state index is 11.6. The summed E-state index contributed by atoms with van der Waals surface area (Å²) in [5.41, 5.74) is 2.31. The van der Waals surface area contributed by atoms with E-state index in [4.69, 9.17) is 4.74 Å². The first kappa shape index (κ1) is 14.3. The molecule has 1 heterocycles. The number of ether oxygens (including phenoxy) is 1. The Kier molecular flexibility index (Phi) is 4.56. The van der Waals surface area contributed by atoms with Gasteiger partial charge in [0.2, 0.25) is 0 Å². The summed E-state index contributed by atoms with van der Waals surface area (Å²) in [4.78, 5) is 25.8. The van der Waals surface area contributed by atoms with Gasteiger partial charge in [0.15, 0.2) is 11.9 Å². The summed E-state index contributed by atoms with van der Waals surface area (Å²) >= 11 is 0. The molecule has 1 atom stereocenters. The third-order valence-electron chi connectivity index (χ3n) is 3.38. The Morgan fingerprint density at radius 3 is 2.80 bits per heavy atom. The lowest BCUT2D eigenvalue weighted by Gasteiger charge is -2.09. The Bertz CT molecular complexity index is 615. The number of aromatic nitrogens is 1. The molecule has 0 radical (unpaired) electrons. The molecule has 4 heteroatoms. The summed E-state index contributed by atoms with van der Waals surface area (Å²) in [5.74, 6) is -0.442. The molecule has 2 aromatic rings. The summed E-state index contributed by atoms with van der Waals surface area (Å²) in [6.07, 6.45) is 3.19. The van der Waals surface area contributed by atoms with E-state index < -0.39 is 6.10 Å². The van der Waals surface area contributed by atoms with Gasteiger partial charge < -0.3 is 9.72 Å². The van der Waals surface area contributed by atoms with Crippen molar-refractivity contribution in [2.24, 2.45) is 0 Å². The second-order valence-electron chi connectivity index (χ2n) is 4.96. The number of hydrogen-bond acceptors (Lipinski definition) is 3. The molecule has 4 nitrogen and oxygen atoms in total. The van der Waals surface area contributed by atoms with Crippen LogP contribution >= 0.6 is 0 Å². The van der Waals surface area contributed by atoms with Crippen LogP contribution in [-0.4, -0.2) is 22.8 Å². The van der Waals surface area contributed by atoms with Gasteiger partial charge in [-0.1, -0.05) is 18.2 Å². The molecule has 0 aliphatic rings. The number of aryl methyl sites for hydroxylation is 1. The molecule has 1 N–H and O–H groups in total. The van der Waals surface area contributed by atoms with Crippen LogP contribution in [-0.2, 0) is 20.7 Å². The van der Waals surface area contributed by atoms with Crippen LogP contribution < -0.4 is 0 Å². The fourth-order valence-corrected chi connectivity index (χ4v) is 2.10. The summed E-state index contributed by atoms with van der Waals surface area (Å²) in [6.45, 7) is 3.02. The van der Waals surface area contributed by atoms with E-state index in [2.05, 4.69) is 11.1 Å². The number of fused-ring (bicyclic) bond motifs is 1. The summed E-state index contributed by atoms with van der Waals surface area (Å²) in [5, 5.41) is 1.19. The van der Waals surface area contributed by atoms with Gasteiger partial charge in [0.1, 0.15) is 0 Å². The molecule has 0 amide bonds. The van der Waals surface area contributed by atoms with Gasteiger partial charge in [0.05, 0.1) is 0 Å². The van der Waals surface area contributed by atoms with Crippen LogP contribution in [0.15, 0.2) is 30.5 Å². The average molecular weight is 273 g/mol. The monoisotopic (exact) mass is 273 g/mol. The highest BCUT2D eigenvalue weighted by atomic mass is 16.5. The van der Waals surface area contributed by atoms with Crippen molar-refractivity contribution in [1.82, 2.24) is 4.98 Å². The highest BCUT2D eigenvalue weighted by molar-refractivity contribution is 5.84. The zero-order valence-corrected chi connectivity index (χ0v) is 11.8. The van der Waals surface area contributed by atoms with Crippen LogP contribution in [0, 0.1) is 0 Å². The smallest absolute Gasteiger partial charge is 0.306 e. The first-order chi connectivity index (χ1) is 9.58. The Balaban J connectivity index is 1.84. The molecule has 1 unspecified atom stereocenters. The highest BCUT2D eigenvalue weighted by Crippen LogP contribution is 2.19. The topological polar surface area (TPSA) is 59.2 Å². The maximum Gasteiger partial charge on any atom is 0.306 e. The van der Waals surface area contributed by atoms with E-state index in [1.807, 2.05) is 24.4 Å². The van der Waals surface area contributed by atoms with Crippen molar-refractivity contribution in [3.63, 3.8) is 0 Å². The number of carbonyl (C=O) groups excluding carboxylic acids is 2. The van der Waals surface area contributed by atoms with Crippen molar-refractivity contribution in [2.75, 3.05) is 0 Å². The third-order valence-corrected chi connectivity index (χ3v) is 3.38. The lowest BCUT2D eigenvalue weighted by atomic mass is 10.1. The second-order valence-corrected chi connectivity index (χ2v) is 4.96. The molecule has 0 aliphatic heterocycles. The van der Waals surface area contributed by atoms with Gasteiger partial charge in [-0.2, -0.15) is 0 Å². The molecule has 20 heavy (non-hydrogen) atoms. The molecule has 0 saturated carbocycles. The molecule has 106 valence electrons. The van der Waals surface area contributed by atoms with Crippen molar-refractivity contribution in [3.05, 3.63) is 36.0 Å². The van der Waals surface area contributed by atoms with Crippen LogP contribution in [0.3, 0.4) is 0 Å². The second kappa shape index (κ2) is 6.37. The van der Waals surface area contributed by atoms with Gasteiger partial charge in [-0.25, -0.2) is 0 Å². The predicted molar refractivity (Wildman–Crippen MR) is 77.5 cm³/mol. The number of benzene rings is 1. The Labute approximate surface area is 118 Å². The number of esters is 1. The lowest BCUT2D eigenvalue weighted by molar-refractivity contribution is -0.153. The molecule has 2 rings (SSSR count). The molecule has 0 saturated heterocycles. The summed E-state index contributed by atoms with van der Waals surface area (Å²) in [7, 11) is 0. The standard InChI is InChI=1S/C16H19NO3/c1-11(18)12(2)20-16(19)9-5-6-13-10-17-15-8-4-3-7-14(13)15/h3-4,7-8,10,12,17H,5-6,9H2,1-2H3. The van der Waals surface area contributed by atoms with Crippen LogP contribution in [0.1, 0.15) is 32.3 Å². The normalized spacial score (nSPS) is 12.3. The molecule has 0 aliphatic carbocycles. The fourth-order valence-electron chi connectivity index (χ4n) is 2.10. The van der Waals surface area contributed by atoms with E-state index in [0.29, 0.717) is 12.8 Å². The van der Waals surface area contributed by atoms with Gasteiger partial charge in [0.25, 0.3) is 0 Å².